The van der Waals surface area contributed by atoms with Gasteiger partial charge in [-0.2, -0.15) is 0 Å². The van der Waals surface area contributed by atoms with Gasteiger partial charge in [0.05, 0.1) is 5.56 Å². The molecule has 0 aliphatic carbocycles. The lowest BCUT2D eigenvalue weighted by Crippen LogP contribution is -2.38. The van der Waals surface area contributed by atoms with Crippen molar-refractivity contribution in [1.29, 1.82) is 0 Å². The van der Waals surface area contributed by atoms with Crippen LogP contribution in [-0.4, -0.2) is 40.1 Å². The van der Waals surface area contributed by atoms with Gasteiger partial charge >= 0.3 is 0 Å². The normalized spacial score (nSPS) is 10.7. The van der Waals surface area contributed by atoms with Gasteiger partial charge in [-0.05, 0) is 33.3 Å². The van der Waals surface area contributed by atoms with Crippen LogP contribution in [0, 0.1) is 6.92 Å². The molecule has 0 unspecified atom stereocenters. The number of nitrogens with two attached hydrogens (primary N) is 1. The number of hydrogen-bond donors (Lipinski definition) is 2. The molecule has 1 rings (SSSR count). The molecule has 0 bridgehead atoms. The van der Waals surface area contributed by atoms with Gasteiger partial charge in [0.2, 0.25) is 0 Å². The minimum absolute atomic E-state index is 0.0600. The van der Waals surface area contributed by atoms with Gasteiger partial charge < -0.3 is 15.7 Å². The van der Waals surface area contributed by atoms with Gasteiger partial charge in [0.1, 0.15) is 0 Å². The Morgan fingerprint density at radius 2 is 2.22 bits per heavy atom. The zero-order valence-electron chi connectivity index (χ0n) is 11.2. The largest absolute Gasteiger partial charge is 0.398 e. The molecule has 0 aliphatic rings. The third kappa shape index (κ3) is 3.43. The summed E-state index contributed by atoms with van der Waals surface area (Å²) < 4.78 is 0. The first-order chi connectivity index (χ1) is 8.47. The van der Waals surface area contributed by atoms with Crippen LogP contribution >= 0.6 is 0 Å². The van der Waals surface area contributed by atoms with Gasteiger partial charge in [-0.3, -0.25) is 9.78 Å². The van der Waals surface area contributed by atoms with Crippen LogP contribution < -0.4 is 5.73 Å². The molecule has 0 spiro atoms. The summed E-state index contributed by atoms with van der Waals surface area (Å²) in [6.07, 6.45) is 2.07. The van der Waals surface area contributed by atoms with Crippen LogP contribution in [0.3, 0.4) is 0 Å². The Morgan fingerprint density at radius 3 is 2.72 bits per heavy atom. The Labute approximate surface area is 108 Å². The molecule has 0 aliphatic heterocycles. The van der Waals surface area contributed by atoms with Crippen LogP contribution in [0.1, 0.15) is 36.3 Å². The number of pyridine rings is 1. The van der Waals surface area contributed by atoms with Crippen molar-refractivity contribution >= 4 is 11.6 Å². The molecule has 0 aromatic carbocycles. The van der Waals surface area contributed by atoms with Crippen LogP contribution in [0.25, 0.3) is 0 Å². The minimum Gasteiger partial charge on any atom is -0.398 e. The van der Waals surface area contributed by atoms with Crippen LogP contribution in [-0.2, 0) is 0 Å². The second-order valence-corrected chi connectivity index (χ2v) is 4.58. The maximum atomic E-state index is 12.3. The minimum atomic E-state index is -0.136. The molecule has 3 N–H and O–H groups in total. The molecule has 0 radical (unpaired) electrons. The van der Waals surface area contributed by atoms with E-state index in [2.05, 4.69) is 4.98 Å². The lowest BCUT2D eigenvalue weighted by atomic mass is 10.1. The third-order valence-corrected chi connectivity index (χ3v) is 2.74. The first-order valence-electron chi connectivity index (χ1n) is 6.11. The summed E-state index contributed by atoms with van der Waals surface area (Å²) in [5, 5.41) is 8.87. The third-order valence-electron chi connectivity index (χ3n) is 2.74. The monoisotopic (exact) mass is 251 g/mol. The van der Waals surface area contributed by atoms with Gasteiger partial charge in [-0.1, -0.05) is 0 Å². The molecule has 1 amide bonds. The number of carbonyl (C=O) groups excluding carboxylic acids is 1. The molecular formula is C13H21N3O2. The van der Waals surface area contributed by atoms with Crippen molar-refractivity contribution in [2.45, 2.75) is 33.2 Å². The highest BCUT2D eigenvalue weighted by Crippen LogP contribution is 2.16. The fourth-order valence-electron chi connectivity index (χ4n) is 1.75. The predicted molar refractivity (Wildman–Crippen MR) is 71.3 cm³/mol. The molecule has 5 heteroatoms. The quantitative estimate of drug-likeness (QED) is 0.824. The summed E-state index contributed by atoms with van der Waals surface area (Å²) in [4.78, 5) is 18.1. The zero-order valence-corrected chi connectivity index (χ0v) is 11.2. The highest BCUT2D eigenvalue weighted by molar-refractivity contribution is 5.99. The Balaban J connectivity index is 2.94. The standard InChI is InChI=1S/C13H21N3O2/c1-9(2)16(5-4-6-17)13(18)11-8-15-10(3)7-12(11)14/h7-9,17H,4-6H2,1-3H3,(H2,14,15). The Hall–Kier alpha value is -1.62. The topological polar surface area (TPSA) is 79.5 Å². The summed E-state index contributed by atoms with van der Waals surface area (Å²) in [5.41, 5.74) is 7.51. The number of aryl methyl sites for hydroxylation is 1. The molecule has 1 heterocycles. The molecule has 18 heavy (non-hydrogen) atoms. The molecule has 0 fully saturated rings. The summed E-state index contributed by atoms with van der Waals surface area (Å²) in [6.45, 7) is 6.29. The van der Waals surface area contributed by atoms with E-state index in [9.17, 15) is 4.79 Å². The van der Waals surface area contributed by atoms with Crippen molar-refractivity contribution < 1.29 is 9.90 Å². The van der Waals surface area contributed by atoms with Crippen LogP contribution in [0.4, 0.5) is 5.69 Å². The van der Waals surface area contributed by atoms with E-state index < -0.39 is 0 Å². The van der Waals surface area contributed by atoms with E-state index in [1.165, 1.54) is 6.20 Å². The number of anilines is 1. The fourth-order valence-corrected chi connectivity index (χ4v) is 1.75. The van der Waals surface area contributed by atoms with Crippen molar-refractivity contribution in [2.75, 3.05) is 18.9 Å². The van der Waals surface area contributed by atoms with Gasteiger partial charge in [-0.15, -0.1) is 0 Å². The number of carbonyl (C=O) groups is 1. The number of amides is 1. The number of nitrogens with zero attached hydrogens (tertiary/aromatic N) is 2. The van der Waals surface area contributed by atoms with Gasteiger partial charge in [0, 0.05) is 36.8 Å². The maximum Gasteiger partial charge on any atom is 0.257 e. The van der Waals surface area contributed by atoms with Crippen LogP contribution in [0.5, 0.6) is 0 Å². The Kier molecular flexibility index (Phi) is 5.09. The number of aliphatic hydroxyl groups excluding tert-OH is 1. The summed E-state index contributed by atoms with van der Waals surface area (Å²) in [7, 11) is 0. The van der Waals surface area contributed by atoms with Crippen molar-refractivity contribution in [3.8, 4) is 0 Å². The van der Waals surface area contributed by atoms with E-state index in [1.54, 1.807) is 11.0 Å². The zero-order chi connectivity index (χ0) is 13.7. The van der Waals surface area contributed by atoms with E-state index in [0.29, 0.717) is 24.2 Å². The number of nitrogen functional groups attached to an aromatic ring is 1. The number of aliphatic hydroxyl groups is 1. The van der Waals surface area contributed by atoms with Gasteiger partial charge in [0.15, 0.2) is 0 Å². The molecule has 100 valence electrons. The number of rotatable bonds is 5. The van der Waals surface area contributed by atoms with Crippen LogP contribution in [0.15, 0.2) is 12.3 Å². The van der Waals surface area contributed by atoms with Crippen molar-refractivity contribution in [2.24, 2.45) is 0 Å². The maximum absolute atomic E-state index is 12.3. The molecule has 1 aromatic heterocycles. The van der Waals surface area contributed by atoms with E-state index >= 15 is 0 Å². The smallest absolute Gasteiger partial charge is 0.257 e. The second-order valence-electron chi connectivity index (χ2n) is 4.58. The van der Waals surface area contributed by atoms with E-state index in [-0.39, 0.29) is 18.6 Å². The summed E-state index contributed by atoms with van der Waals surface area (Å²) >= 11 is 0. The molecular weight excluding hydrogens is 230 g/mol. The molecule has 1 aromatic rings. The summed E-state index contributed by atoms with van der Waals surface area (Å²) in [6, 6.07) is 1.75. The number of aromatic nitrogens is 1. The van der Waals surface area contributed by atoms with Crippen molar-refractivity contribution in [3.63, 3.8) is 0 Å². The second kappa shape index (κ2) is 6.35. The van der Waals surface area contributed by atoms with Gasteiger partial charge in [0.25, 0.3) is 5.91 Å². The van der Waals surface area contributed by atoms with Crippen LogP contribution in [0.2, 0.25) is 0 Å². The Morgan fingerprint density at radius 1 is 1.56 bits per heavy atom. The highest BCUT2D eigenvalue weighted by atomic mass is 16.3. The summed E-state index contributed by atoms with van der Waals surface area (Å²) in [5.74, 6) is -0.136. The fraction of sp³-hybridized carbons (Fsp3) is 0.538. The van der Waals surface area contributed by atoms with E-state index in [0.717, 1.165) is 5.69 Å². The van der Waals surface area contributed by atoms with E-state index in [4.69, 9.17) is 10.8 Å². The average Bonchev–Trinajstić information content (AvgIpc) is 2.28. The van der Waals surface area contributed by atoms with Crippen molar-refractivity contribution in [1.82, 2.24) is 9.88 Å². The highest BCUT2D eigenvalue weighted by Gasteiger charge is 2.20. The Bertz CT molecular complexity index is 419. The molecule has 5 nitrogen and oxygen atoms in total. The molecule has 0 saturated carbocycles. The van der Waals surface area contributed by atoms with Gasteiger partial charge in [-0.25, -0.2) is 0 Å². The predicted octanol–water partition coefficient (Wildman–Crippen LogP) is 1.21. The number of hydrogen-bond acceptors (Lipinski definition) is 4. The first-order valence-corrected chi connectivity index (χ1v) is 6.11. The molecule has 0 saturated heterocycles. The van der Waals surface area contributed by atoms with Crippen molar-refractivity contribution in [3.05, 3.63) is 23.5 Å². The first kappa shape index (κ1) is 14.4. The lowest BCUT2D eigenvalue weighted by molar-refractivity contribution is 0.0694. The SMILES string of the molecule is Cc1cc(N)c(C(=O)N(CCCO)C(C)C)cn1. The average molecular weight is 251 g/mol. The van der Waals surface area contributed by atoms with E-state index in [1.807, 2.05) is 20.8 Å². The lowest BCUT2D eigenvalue weighted by Gasteiger charge is -2.27. The molecule has 0 atom stereocenters.